The van der Waals surface area contributed by atoms with Gasteiger partial charge in [0.05, 0.1) is 11.3 Å². The highest BCUT2D eigenvalue weighted by atomic mass is 19.1. The number of carbonyl (C=O) groups is 1. The topological polar surface area (TPSA) is 64.3 Å². The number of rotatable bonds is 3. The Morgan fingerprint density at radius 1 is 1.25 bits per heavy atom. The van der Waals surface area contributed by atoms with Crippen LogP contribution >= 0.6 is 0 Å². The number of benzene rings is 2. The van der Waals surface area contributed by atoms with E-state index >= 15 is 0 Å². The van der Waals surface area contributed by atoms with Gasteiger partial charge >= 0.3 is 5.97 Å². The first-order valence-corrected chi connectivity index (χ1v) is 5.80. The Morgan fingerprint density at radius 2 is 1.90 bits per heavy atom. The van der Waals surface area contributed by atoms with Crippen molar-refractivity contribution in [3.63, 3.8) is 0 Å². The summed E-state index contributed by atoms with van der Waals surface area (Å²) in [6.45, 7) is 0. The maximum Gasteiger partial charge on any atom is 0.335 e. The van der Waals surface area contributed by atoms with Crippen molar-refractivity contribution in [1.29, 1.82) is 5.26 Å². The number of anilines is 2. The third kappa shape index (κ3) is 2.45. The van der Waals surface area contributed by atoms with E-state index in [-0.39, 0.29) is 11.1 Å². The molecule has 0 aliphatic rings. The Labute approximate surface area is 115 Å². The lowest BCUT2D eigenvalue weighted by Crippen LogP contribution is -2.12. The minimum absolute atomic E-state index is 0.0442. The van der Waals surface area contributed by atoms with Gasteiger partial charge in [-0.05, 0) is 36.4 Å². The Morgan fingerprint density at radius 3 is 2.45 bits per heavy atom. The second-order valence-corrected chi connectivity index (χ2v) is 4.16. The minimum Gasteiger partial charge on any atom is -0.478 e. The summed E-state index contributed by atoms with van der Waals surface area (Å²) in [5, 5.41) is 17.9. The molecule has 0 saturated heterocycles. The van der Waals surface area contributed by atoms with E-state index in [9.17, 15) is 9.18 Å². The van der Waals surface area contributed by atoms with Crippen LogP contribution in [0.15, 0.2) is 42.5 Å². The molecule has 2 aromatic rings. The molecule has 20 heavy (non-hydrogen) atoms. The van der Waals surface area contributed by atoms with Crippen LogP contribution in [0.25, 0.3) is 0 Å². The van der Waals surface area contributed by atoms with Gasteiger partial charge in [0, 0.05) is 12.7 Å². The van der Waals surface area contributed by atoms with Crippen molar-refractivity contribution in [2.75, 3.05) is 11.9 Å². The molecule has 0 radical (unpaired) electrons. The van der Waals surface area contributed by atoms with E-state index in [2.05, 4.69) is 0 Å². The highest BCUT2D eigenvalue weighted by Crippen LogP contribution is 2.28. The fourth-order valence-electron chi connectivity index (χ4n) is 1.87. The molecule has 0 atom stereocenters. The Balaban J connectivity index is 2.41. The fraction of sp³-hybridized carbons (Fsp3) is 0.0667. The van der Waals surface area contributed by atoms with Crippen molar-refractivity contribution >= 4 is 17.3 Å². The number of carboxylic acid groups (broad SMARTS) is 1. The van der Waals surface area contributed by atoms with Gasteiger partial charge in [-0.25, -0.2) is 9.18 Å². The summed E-state index contributed by atoms with van der Waals surface area (Å²) in [4.78, 5) is 12.4. The molecule has 0 aromatic heterocycles. The number of nitrogens with zero attached hydrogens (tertiary/aromatic N) is 2. The summed E-state index contributed by atoms with van der Waals surface area (Å²) in [7, 11) is 1.69. The van der Waals surface area contributed by atoms with Gasteiger partial charge in [-0.1, -0.05) is 6.07 Å². The molecule has 0 amide bonds. The van der Waals surface area contributed by atoms with Crippen LogP contribution in [0.4, 0.5) is 15.8 Å². The lowest BCUT2D eigenvalue weighted by molar-refractivity contribution is 0.0697. The van der Waals surface area contributed by atoms with Crippen molar-refractivity contribution in [2.24, 2.45) is 0 Å². The van der Waals surface area contributed by atoms with E-state index in [1.165, 1.54) is 24.3 Å². The maximum absolute atomic E-state index is 13.6. The summed E-state index contributed by atoms with van der Waals surface area (Å²) in [6.07, 6.45) is 0. The molecule has 2 aromatic carbocycles. The van der Waals surface area contributed by atoms with Crippen LogP contribution in [0.1, 0.15) is 15.9 Å². The molecule has 2 rings (SSSR count). The quantitative estimate of drug-likeness (QED) is 0.930. The molecule has 4 nitrogen and oxygen atoms in total. The summed E-state index contributed by atoms with van der Waals surface area (Å²) >= 11 is 0. The zero-order valence-corrected chi connectivity index (χ0v) is 10.7. The molecule has 0 fully saturated rings. The fourth-order valence-corrected chi connectivity index (χ4v) is 1.87. The van der Waals surface area contributed by atoms with Crippen LogP contribution in [-0.4, -0.2) is 18.1 Å². The molecule has 0 aliphatic heterocycles. The second kappa shape index (κ2) is 5.41. The lowest BCUT2D eigenvalue weighted by Gasteiger charge is -2.20. The van der Waals surface area contributed by atoms with E-state index in [1.807, 2.05) is 6.07 Å². The minimum atomic E-state index is -1.01. The van der Waals surface area contributed by atoms with Crippen molar-refractivity contribution in [3.05, 3.63) is 59.4 Å². The number of nitriles is 1. The smallest absolute Gasteiger partial charge is 0.335 e. The number of hydrogen-bond donors (Lipinski definition) is 1. The zero-order valence-electron chi connectivity index (χ0n) is 10.7. The van der Waals surface area contributed by atoms with Crippen LogP contribution < -0.4 is 4.90 Å². The highest BCUT2D eigenvalue weighted by Gasteiger charge is 2.13. The molecule has 0 saturated carbocycles. The average molecular weight is 270 g/mol. The number of carboxylic acids is 1. The standard InChI is InChI=1S/C15H11FN2O2/c1-18(11-7-5-10(6-8-11)15(19)20)14-4-2-3-13(16)12(14)9-17/h2-8H,1H3,(H,19,20). The van der Waals surface area contributed by atoms with Gasteiger partial charge in [-0.15, -0.1) is 0 Å². The second-order valence-electron chi connectivity index (χ2n) is 4.16. The Hall–Kier alpha value is -2.87. The van der Waals surface area contributed by atoms with Gasteiger partial charge in [0.1, 0.15) is 17.4 Å². The highest BCUT2D eigenvalue weighted by molar-refractivity contribution is 5.88. The SMILES string of the molecule is CN(c1ccc(C(=O)O)cc1)c1cccc(F)c1C#N. The van der Waals surface area contributed by atoms with E-state index in [0.29, 0.717) is 11.4 Å². The first-order chi connectivity index (χ1) is 9.54. The Kier molecular flexibility index (Phi) is 3.67. The van der Waals surface area contributed by atoms with Crippen LogP contribution in [-0.2, 0) is 0 Å². The Bertz CT molecular complexity index is 690. The predicted molar refractivity (Wildman–Crippen MR) is 72.6 cm³/mol. The summed E-state index contributed by atoms with van der Waals surface area (Å²) in [5.41, 5.74) is 1.21. The van der Waals surface area contributed by atoms with Gasteiger partial charge < -0.3 is 10.0 Å². The summed E-state index contributed by atoms with van der Waals surface area (Å²) in [6, 6.07) is 12.3. The van der Waals surface area contributed by atoms with Crippen LogP contribution in [0.3, 0.4) is 0 Å². The lowest BCUT2D eigenvalue weighted by atomic mass is 10.1. The van der Waals surface area contributed by atoms with E-state index in [0.717, 1.165) is 0 Å². The largest absolute Gasteiger partial charge is 0.478 e. The average Bonchev–Trinajstić information content (AvgIpc) is 2.46. The first-order valence-electron chi connectivity index (χ1n) is 5.80. The van der Waals surface area contributed by atoms with Crippen molar-refractivity contribution in [2.45, 2.75) is 0 Å². The van der Waals surface area contributed by atoms with Crippen molar-refractivity contribution in [3.8, 4) is 6.07 Å². The van der Waals surface area contributed by atoms with Gasteiger partial charge in [0.25, 0.3) is 0 Å². The summed E-state index contributed by atoms with van der Waals surface area (Å²) < 4.78 is 13.6. The zero-order chi connectivity index (χ0) is 14.7. The molecule has 0 heterocycles. The van der Waals surface area contributed by atoms with E-state index in [4.69, 9.17) is 10.4 Å². The van der Waals surface area contributed by atoms with Crippen LogP contribution in [0.5, 0.6) is 0 Å². The van der Waals surface area contributed by atoms with E-state index < -0.39 is 11.8 Å². The molecule has 0 aliphatic carbocycles. The van der Waals surface area contributed by atoms with Crippen LogP contribution in [0.2, 0.25) is 0 Å². The van der Waals surface area contributed by atoms with Gasteiger partial charge in [-0.2, -0.15) is 5.26 Å². The molecule has 100 valence electrons. The normalized spacial score (nSPS) is 9.85. The van der Waals surface area contributed by atoms with Gasteiger partial charge in [-0.3, -0.25) is 0 Å². The van der Waals surface area contributed by atoms with Gasteiger partial charge in [0.15, 0.2) is 0 Å². The molecule has 1 N–H and O–H groups in total. The molecular weight excluding hydrogens is 259 g/mol. The monoisotopic (exact) mass is 270 g/mol. The van der Waals surface area contributed by atoms with Crippen molar-refractivity contribution < 1.29 is 14.3 Å². The van der Waals surface area contributed by atoms with Gasteiger partial charge in [0.2, 0.25) is 0 Å². The van der Waals surface area contributed by atoms with E-state index in [1.54, 1.807) is 30.1 Å². The third-order valence-electron chi connectivity index (χ3n) is 2.97. The molecular formula is C15H11FN2O2. The number of hydrogen-bond acceptors (Lipinski definition) is 3. The molecule has 0 spiro atoms. The van der Waals surface area contributed by atoms with Crippen LogP contribution in [0, 0.1) is 17.1 Å². The molecule has 5 heteroatoms. The number of aromatic carboxylic acids is 1. The first kappa shape index (κ1) is 13.6. The van der Waals surface area contributed by atoms with Crippen molar-refractivity contribution in [1.82, 2.24) is 0 Å². The maximum atomic E-state index is 13.6. The third-order valence-corrected chi connectivity index (χ3v) is 2.97. The number of halogens is 1. The summed E-state index contributed by atoms with van der Waals surface area (Å²) in [5.74, 6) is -1.60. The molecule has 0 unspecified atom stereocenters. The molecule has 0 bridgehead atoms. The predicted octanol–water partition coefficient (Wildman–Crippen LogP) is 3.16.